The Hall–Kier alpha value is -4.86. The number of alkyl halides is 1. The Bertz CT molecular complexity index is 2360. The van der Waals surface area contributed by atoms with Gasteiger partial charge in [-0.1, -0.05) is 41.9 Å². The lowest BCUT2D eigenvalue weighted by Crippen LogP contribution is -2.49. The summed E-state index contributed by atoms with van der Waals surface area (Å²) in [5, 5.41) is 1.10. The molecule has 6 heterocycles. The number of nitrogens with zero attached hydrogens (tertiary/aromatic N) is 7. The highest BCUT2D eigenvalue weighted by molar-refractivity contribution is 6.36. The van der Waals surface area contributed by atoms with E-state index < -0.39 is 41.1 Å². The number of morpholine rings is 1. The first-order chi connectivity index (χ1) is 28.2. The van der Waals surface area contributed by atoms with E-state index in [4.69, 9.17) is 30.8 Å². The van der Waals surface area contributed by atoms with Gasteiger partial charge in [-0.2, -0.15) is 4.98 Å². The number of pyridine rings is 1. The molecule has 4 fully saturated rings. The largest absolute Gasteiger partial charge is 0.444 e. The number of halogens is 4. The second-order valence-corrected chi connectivity index (χ2v) is 17.3. The Morgan fingerprint density at radius 2 is 1.95 bits per heavy atom. The highest BCUT2D eigenvalue weighted by Crippen LogP contribution is 2.41. The molecule has 2 aromatic heterocycles. The molecule has 0 saturated carbocycles. The average Bonchev–Trinajstić information content (AvgIpc) is 3.91. The van der Waals surface area contributed by atoms with Gasteiger partial charge in [0, 0.05) is 66.7 Å². The fraction of sp³-hybridized carbons (Fsp3) is 0.488. The number of amides is 2. The van der Waals surface area contributed by atoms with E-state index in [1.807, 2.05) is 6.21 Å². The quantitative estimate of drug-likeness (QED) is 0.104. The standard InChI is InChI=1S/C43H48ClF3N7O5/c1-42(2,3)59-41(56)54-17-18-57-24-29(54)10-12-33(55)52-16-13-26(22-52)21-51(4)39-31-20-48-37(30-8-5-7-27-9-11-32(46)35(44)34(27)30)36(47)38(31)49-40(50-39)58-25-43-14-6-15-53(43)23-28(45)19-43/h5,7-12,20-21,26,28-29H,6,13-19,22-25H2,1-4H3/q+1/b12-10+,51-21-/t26?,28-,29?,43+/m1/s1. The molecule has 0 spiro atoms. The average molecular weight is 835 g/mol. The van der Waals surface area contributed by atoms with E-state index in [0.29, 0.717) is 73.2 Å². The number of rotatable bonds is 8. The van der Waals surface area contributed by atoms with Crippen molar-refractivity contribution in [3.8, 4) is 17.3 Å². The molecule has 4 aliphatic heterocycles. The lowest BCUT2D eigenvalue weighted by atomic mass is 9.95. The monoisotopic (exact) mass is 834 g/mol. The van der Waals surface area contributed by atoms with Gasteiger partial charge in [0.25, 0.3) is 0 Å². The molecule has 4 saturated heterocycles. The number of likely N-dealkylation sites (tertiary alicyclic amines) is 1. The molecular formula is C43H48ClF3N7O5+. The van der Waals surface area contributed by atoms with Crippen molar-refractivity contribution in [3.05, 3.63) is 65.3 Å². The van der Waals surface area contributed by atoms with Gasteiger partial charge in [0.2, 0.25) is 5.91 Å². The van der Waals surface area contributed by atoms with Gasteiger partial charge in [0.15, 0.2) is 5.82 Å². The van der Waals surface area contributed by atoms with E-state index in [9.17, 15) is 18.4 Å². The SMILES string of the molecule is C/[N+](=C/C1CCN(C(=O)/C=C/C2COCCN2C(=O)OC(C)(C)C)C1)c1nc(OC[C@@]23CCCN2C[C@H](F)C3)nc2c(F)c(-c3cccc4ccc(F)c(Cl)c34)ncc12. The third-order valence-corrected chi connectivity index (χ3v) is 12.0. The Labute approximate surface area is 345 Å². The lowest BCUT2D eigenvalue weighted by molar-refractivity contribution is -0.405. The predicted molar refractivity (Wildman–Crippen MR) is 217 cm³/mol. The molecule has 2 unspecified atom stereocenters. The van der Waals surface area contributed by atoms with E-state index >= 15 is 4.39 Å². The number of aromatic nitrogens is 3. The van der Waals surface area contributed by atoms with Gasteiger partial charge in [-0.3, -0.25) is 19.6 Å². The molecule has 12 nitrogen and oxygen atoms in total. The zero-order valence-electron chi connectivity index (χ0n) is 33.6. The zero-order valence-corrected chi connectivity index (χ0v) is 34.4. The fourth-order valence-electron chi connectivity index (χ4n) is 8.82. The van der Waals surface area contributed by atoms with Crippen molar-refractivity contribution in [2.24, 2.45) is 5.92 Å². The van der Waals surface area contributed by atoms with Crippen LogP contribution in [0.1, 0.15) is 46.5 Å². The second kappa shape index (κ2) is 16.3. The minimum absolute atomic E-state index is 0.0594. The Balaban J connectivity index is 1.08. The van der Waals surface area contributed by atoms with Gasteiger partial charge < -0.3 is 19.1 Å². The number of ether oxygens (including phenoxy) is 3. The maximum absolute atomic E-state index is 16.9. The number of benzene rings is 2. The van der Waals surface area contributed by atoms with Crippen LogP contribution in [0.3, 0.4) is 0 Å². The first-order valence-electron chi connectivity index (χ1n) is 20.1. The van der Waals surface area contributed by atoms with Gasteiger partial charge in [-0.15, -0.1) is 0 Å². The van der Waals surface area contributed by atoms with Crippen molar-refractivity contribution >= 4 is 57.3 Å². The third kappa shape index (κ3) is 8.33. The molecule has 4 atom stereocenters. The van der Waals surface area contributed by atoms with Crippen LogP contribution in [-0.4, -0.2) is 135 Å². The van der Waals surface area contributed by atoms with Gasteiger partial charge in [0.05, 0.1) is 43.1 Å². The second-order valence-electron chi connectivity index (χ2n) is 16.9. The smallest absolute Gasteiger partial charge is 0.434 e. The van der Waals surface area contributed by atoms with Crippen molar-refractivity contribution in [2.45, 2.75) is 69.8 Å². The van der Waals surface area contributed by atoms with Crippen LogP contribution in [0, 0.1) is 17.6 Å². The summed E-state index contributed by atoms with van der Waals surface area (Å²) in [5.74, 6) is -1.36. The van der Waals surface area contributed by atoms with Gasteiger partial charge >= 0.3 is 17.9 Å². The van der Waals surface area contributed by atoms with Gasteiger partial charge in [0.1, 0.15) is 40.8 Å². The van der Waals surface area contributed by atoms with Crippen molar-refractivity contribution in [3.63, 3.8) is 0 Å². The molecule has 0 bridgehead atoms. The highest BCUT2D eigenvalue weighted by atomic mass is 35.5. The number of carbonyl (C=O) groups is 2. The molecule has 4 aliphatic rings. The van der Waals surface area contributed by atoms with Crippen LogP contribution >= 0.6 is 11.6 Å². The van der Waals surface area contributed by atoms with Crippen LogP contribution in [0.25, 0.3) is 32.9 Å². The highest BCUT2D eigenvalue weighted by Gasteiger charge is 2.49. The molecule has 4 aromatic rings. The molecule has 312 valence electrons. The number of hydrogen-bond acceptors (Lipinski definition) is 9. The van der Waals surface area contributed by atoms with E-state index in [1.165, 1.54) is 18.3 Å². The Kier molecular flexibility index (Phi) is 11.3. The predicted octanol–water partition coefficient (Wildman–Crippen LogP) is 7.12. The van der Waals surface area contributed by atoms with Crippen molar-refractivity contribution < 1.29 is 41.5 Å². The third-order valence-electron chi connectivity index (χ3n) is 11.6. The van der Waals surface area contributed by atoms with Crippen molar-refractivity contribution in [1.29, 1.82) is 0 Å². The van der Waals surface area contributed by atoms with E-state index in [-0.39, 0.29) is 47.3 Å². The summed E-state index contributed by atoms with van der Waals surface area (Å²) in [5.41, 5.74) is -0.978. The molecular weight excluding hydrogens is 787 g/mol. The lowest BCUT2D eigenvalue weighted by Gasteiger charge is -2.35. The van der Waals surface area contributed by atoms with Crippen LogP contribution in [0.5, 0.6) is 6.01 Å². The molecule has 16 heteroatoms. The molecule has 2 amide bonds. The van der Waals surface area contributed by atoms with Crippen LogP contribution in [-0.2, 0) is 14.3 Å². The summed E-state index contributed by atoms with van der Waals surface area (Å²) in [4.78, 5) is 45.5. The van der Waals surface area contributed by atoms with Gasteiger partial charge in [-0.05, 0) is 58.0 Å². The topological polar surface area (TPSA) is 113 Å². The molecule has 2 aromatic carbocycles. The van der Waals surface area contributed by atoms with E-state index in [2.05, 4.69) is 14.9 Å². The number of fused-ring (bicyclic) bond motifs is 3. The minimum atomic E-state index is -0.960. The summed E-state index contributed by atoms with van der Waals surface area (Å²) in [6, 6.07) is 7.43. The van der Waals surface area contributed by atoms with Crippen molar-refractivity contribution in [2.75, 3.05) is 59.6 Å². The Morgan fingerprint density at radius 3 is 2.76 bits per heavy atom. The summed E-state index contributed by atoms with van der Waals surface area (Å²) in [6.07, 6.45) is 7.85. The maximum Gasteiger partial charge on any atom is 0.434 e. The van der Waals surface area contributed by atoms with Crippen LogP contribution in [0.15, 0.2) is 48.7 Å². The Morgan fingerprint density at radius 1 is 1.12 bits per heavy atom. The maximum atomic E-state index is 16.9. The summed E-state index contributed by atoms with van der Waals surface area (Å²) in [7, 11) is 1.78. The zero-order chi connectivity index (χ0) is 41.6. The first kappa shape index (κ1) is 40.9. The van der Waals surface area contributed by atoms with E-state index in [1.54, 1.807) is 72.5 Å². The first-order valence-corrected chi connectivity index (χ1v) is 20.4. The normalized spacial score (nSPS) is 24.1. The van der Waals surface area contributed by atoms with Gasteiger partial charge in [-0.25, -0.2) is 22.5 Å². The molecule has 0 radical (unpaired) electrons. The summed E-state index contributed by atoms with van der Waals surface area (Å²) in [6.45, 7) is 8.57. The molecule has 0 N–H and O–H groups in total. The molecule has 8 rings (SSSR count). The van der Waals surface area contributed by atoms with Crippen LogP contribution < -0.4 is 4.74 Å². The minimum Gasteiger partial charge on any atom is -0.444 e. The van der Waals surface area contributed by atoms with Crippen LogP contribution in [0.2, 0.25) is 5.02 Å². The van der Waals surface area contributed by atoms with E-state index in [0.717, 1.165) is 19.4 Å². The molecule has 59 heavy (non-hydrogen) atoms. The number of hydrogen-bond donors (Lipinski definition) is 0. The molecule has 0 aliphatic carbocycles. The summed E-state index contributed by atoms with van der Waals surface area (Å²) < 4.78 is 65.4. The number of carbonyl (C=O) groups excluding carboxylic acids is 2. The van der Waals surface area contributed by atoms with Crippen LogP contribution in [0.4, 0.5) is 23.8 Å². The summed E-state index contributed by atoms with van der Waals surface area (Å²) >= 11 is 6.44. The fourth-order valence-corrected chi connectivity index (χ4v) is 9.10. The van der Waals surface area contributed by atoms with Crippen molar-refractivity contribution in [1.82, 2.24) is 29.7 Å².